The highest BCUT2D eigenvalue weighted by Crippen LogP contribution is 2.20. The second kappa shape index (κ2) is 5.26. The Morgan fingerprint density at radius 2 is 2.17 bits per heavy atom. The molecule has 18 heavy (non-hydrogen) atoms. The summed E-state index contributed by atoms with van der Waals surface area (Å²) < 4.78 is 28.6. The molecule has 1 heterocycles. The number of nitrogens with zero attached hydrogens (tertiary/aromatic N) is 1. The van der Waals surface area contributed by atoms with Gasteiger partial charge in [0.25, 0.3) is 5.91 Å². The Kier molecular flexibility index (Phi) is 3.52. The number of carbonyl (C=O) groups is 1. The molecule has 1 amide bonds. The van der Waals surface area contributed by atoms with Gasteiger partial charge in [0.15, 0.2) is 0 Å². The number of rotatable bonds is 4. The van der Waals surface area contributed by atoms with E-state index in [2.05, 4.69) is 20.0 Å². The lowest BCUT2D eigenvalue weighted by Gasteiger charge is -2.09. The summed E-state index contributed by atoms with van der Waals surface area (Å²) >= 11 is 0. The van der Waals surface area contributed by atoms with Crippen molar-refractivity contribution in [2.45, 2.75) is 6.61 Å². The van der Waals surface area contributed by atoms with E-state index in [1.54, 1.807) is 6.07 Å². The average Bonchev–Trinajstić information content (AvgIpc) is 2.81. The molecule has 0 atom stereocenters. The first kappa shape index (κ1) is 12.0. The van der Waals surface area contributed by atoms with E-state index in [1.165, 1.54) is 30.6 Å². The van der Waals surface area contributed by atoms with Gasteiger partial charge in [-0.25, -0.2) is 4.98 Å². The normalized spacial score (nSPS) is 10.4. The van der Waals surface area contributed by atoms with Gasteiger partial charge in [0.2, 0.25) is 5.95 Å². The third-order valence-corrected chi connectivity index (χ3v) is 2.08. The summed E-state index contributed by atoms with van der Waals surface area (Å²) in [5.74, 6) is -0.537. The van der Waals surface area contributed by atoms with Gasteiger partial charge in [-0.2, -0.15) is 8.78 Å². The van der Waals surface area contributed by atoms with E-state index in [1.807, 2.05) is 0 Å². The Morgan fingerprint density at radius 1 is 1.39 bits per heavy atom. The minimum Gasteiger partial charge on any atom is -0.434 e. The Balaban J connectivity index is 2.19. The van der Waals surface area contributed by atoms with Crippen molar-refractivity contribution < 1.29 is 18.3 Å². The average molecular weight is 253 g/mol. The molecular formula is C11H9F2N3O2. The molecule has 0 aliphatic heterocycles. The predicted molar refractivity (Wildman–Crippen MR) is 59.6 cm³/mol. The minimum absolute atomic E-state index is 0.00852. The second-order valence-corrected chi connectivity index (χ2v) is 3.27. The molecular weight excluding hydrogens is 244 g/mol. The zero-order valence-electron chi connectivity index (χ0n) is 9.06. The van der Waals surface area contributed by atoms with E-state index in [4.69, 9.17) is 0 Å². The number of anilines is 1. The molecule has 0 unspecified atom stereocenters. The zero-order chi connectivity index (χ0) is 13.0. The predicted octanol–water partition coefficient (Wildman–Crippen LogP) is 2.26. The van der Waals surface area contributed by atoms with E-state index in [0.717, 1.165) is 0 Å². The molecule has 2 N–H and O–H groups in total. The van der Waals surface area contributed by atoms with Crippen molar-refractivity contribution in [1.29, 1.82) is 0 Å². The first-order valence-electron chi connectivity index (χ1n) is 5.01. The highest BCUT2D eigenvalue weighted by Gasteiger charge is 2.15. The summed E-state index contributed by atoms with van der Waals surface area (Å²) in [5, 5.41) is 2.42. The molecule has 5 nitrogen and oxygen atoms in total. The Hall–Kier alpha value is -2.44. The van der Waals surface area contributed by atoms with Crippen molar-refractivity contribution in [2.24, 2.45) is 0 Å². The number of halogens is 2. The van der Waals surface area contributed by atoms with E-state index in [0.29, 0.717) is 0 Å². The molecule has 7 heteroatoms. The van der Waals surface area contributed by atoms with Crippen molar-refractivity contribution in [2.75, 3.05) is 5.32 Å². The number of ether oxygens (including phenoxy) is 1. The number of aromatic nitrogens is 2. The number of aromatic amines is 1. The van der Waals surface area contributed by atoms with Crippen molar-refractivity contribution in [3.05, 3.63) is 42.2 Å². The third kappa shape index (κ3) is 2.82. The van der Waals surface area contributed by atoms with E-state index >= 15 is 0 Å². The Bertz CT molecular complexity index is 529. The fourth-order valence-electron chi connectivity index (χ4n) is 1.36. The van der Waals surface area contributed by atoms with Gasteiger partial charge in [-0.1, -0.05) is 12.1 Å². The molecule has 0 saturated heterocycles. The number of para-hydroxylation sites is 1. The maximum Gasteiger partial charge on any atom is 0.387 e. The standard InChI is InChI=1S/C11H9F2N3O2/c12-10(13)18-8-4-2-1-3-7(8)9(17)16-11-14-5-6-15-11/h1-6,10H,(H2,14,15,16,17). The highest BCUT2D eigenvalue weighted by atomic mass is 19.3. The third-order valence-electron chi connectivity index (χ3n) is 2.08. The molecule has 1 aromatic carbocycles. The smallest absolute Gasteiger partial charge is 0.387 e. The first-order chi connectivity index (χ1) is 8.66. The number of imidazole rings is 1. The van der Waals surface area contributed by atoms with Crippen LogP contribution < -0.4 is 10.1 Å². The summed E-state index contributed by atoms with van der Waals surface area (Å²) in [5.41, 5.74) is 0.00852. The number of benzene rings is 1. The van der Waals surface area contributed by atoms with Crippen LogP contribution in [0.3, 0.4) is 0 Å². The molecule has 2 aromatic rings. The van der Waals surface area contributed by atoms with Gasteiger partial charge in [0.05, 0.1) is 5.56 Å². The number of carbonyl (C=O) groups excluding carboxylic acids is 1. The topological polar surface area (TPSA) is 67.0 Å². The molecule has 0 bridgehead atoms. The first-order valence-corrected chi connectivity index (χ1v) is 5.01. The number of nitrogens with one attached hydrogen (secondary N) is 2. The van der Waals surface area contributed by atoms with Crippen molar-refractivity contribution in [3.8, 4) is 5.75 Å². The molecule has 2 rings (SSSR count). The van der Waals surface area contributed by atoms with Crippen LogP contribution in [0.2, 0.25) is 0 Å². The van der Waals surface area contributed by atoms with Crippen LogP contribution in [0.15, 0.2) is 36.7 Å². The summed E-state index contributed by atoms with van der Waals surface area (Å²) in [7, 11) is 0. The van der Waals surface area contributed by atoms with Gasteiger partial charge in [-0.3, -0.25) is 10.1 Å². The SMILES string of the molecule is O=C(Nc1ncc[nH]1)c1ccccc1OC(F)F. The molecule has 0 spiro atoms. The Labute approximate surface area is 101 Å². The van der Waals surface area contributed by atoms with Crippen LogP contribution in [0.5, 0.6) is 5.75 Å². The maximum atomic E-state index is 12.2. The van der Waals surface area contributed by atoms with E-state index in [9.17, 15) is 13.6 Å². The fraction of sp³-hybridized carbons (Fsp3) is 0.0909. The van der Waals surface area contributed by atoms with Gasteiger partial charge in [-0.05, 0) is 12.1 Å². The zero-order valence-corrected chi connectivity index (χ0v) is 9.06. The van der Waals surface area contributed by atoms with Crippen LogP contribution in [-0.4, -0.2) is 22.5 Å². The van der Waals surface area contributed by atoms with Gasteiger partial charge in [0, 0.05) is 12.4 Å². The van der Waals surface area contributed by atoms with Crippen LogP contribution in [0, 0.1) is 0 Å². The molecule has 0 radical (unpaired) electrons. The quantitative estimate of drug-likeness (QED) is 0.878. The molecule has 1 aromatic heterocycles. The highest BCUT2D eigenvalue weighted by molar-refractivity contribution is 6.05. The lowest BCUT2D eigenvalue weighted by Crippen LogP contribution is -2.15. The van der Waals surface area contributed by atoms with Crippen molar-refractivity contribution >= 4 is 11.9 Å². The molecule has 0 aliphatic carbocycles. The van der Waals surface area contributed by atoms with Crippen LogP contribution in [0.25, 0.3) is 0 Å². The fourth-order valence-corrected chi connectivity index (χ4v) is 1.36. The van der Waals surface area contributed by atoms with E-state index < -0.39 is 12.5 Å². The molecule has 0 fully saturated rings. The lowest BCUT2D eigenvalue weighted by atomic mass is 10.2. The molecule has 94 valence electrons. The number of H-pyrrole nitrogens is 1. The lowest BCUT2D eigenvalue weighted by molar-refractivity contribution is -0.0501. The van der Waals surface area contributed by atoms with Gasteiger partial charge < -0.3 is 9.72 Å². The maximum absolute atomic E-state index is 12.2. The van der Waals surface area contributed by atoms with E-state index in [-0.39, 0.29) is 17.3 Å². The summed E-state index contributed by atoms with van der Waals surface area (Å²) in [6.45, 7) is -2.98. The summed E-state index contributed by atoms with van der Waals surface area (Å²) in [6, 6.07) is 5.73. The van der Waals surface area contributed by atoms with Crippen molar-refractivity contribution in [1.82, 2.24) is 9.97 Å². The van der Waals surface area contributed by atoms with Gasteiger partial charge in [-0.15, -0.1) is 0 Å². The number of hydrogen-bond acceptors (Lipinski definition) is 3. The summed E-state index contributed by atoms with van der Waals surface area (Å²) in [4.78, 5) is 18.3. The molecule has 0 aliphatic rings. The number of hydrogen-bond donors (Lipinski definition) is 2. The number of alkyl halides is 2. The second-order valence-electron chi connectivity index (χ2n) is 3.27. The van der Waals surface area contributed by atoms with Crippen LogP contribution in [0.1, 0.15) is 10.4 Å². The number of amides is 1. The van der Waals surface area contributed by atoms with Crippen molar-refractivity contribution in [3.63, 3.8) is 0 Å². The molecule has 0 saturated carbocycles. The summed E-state index contributed by atoms with van der Waals surface area (Å²) in [6.07, 6.45) is 2.98. The van der Waals surface area contributed by atoms with Gasteiger partial charge in [0.1, 0.15) is 5.75 Å². The van der Waals surface area contributed by atoms with Crippen LogP contribution in [-0.2, 0) is 0 Å². The van der Waals surface area contributed by atoms with Crippen LogP contribution in [0.4, 0.5) is 14.7 Å². The monoisotopic (exact) mass is 253 g/mol. The van der Waals surface area contributed by atoms with Gasteiger partial charge >= 0.3 is 6.61 Å². The van der Waals surface area contributed by atoms with Crippen LogP contribution >= 0.6 is 0 Å². The Morgan fingerprint density at radius 3 is 2.83 bits per heavy atom. The minimum atomic E-state index is -2.98. The largest absolute Gasteiger partial charge is 0.434 e.